The Morgan fingerprint density at radius 2 is 2.06 bits per heavy atom. The first-order valence-corrected chi connectivity index (χ1v) is 5.30. The molecule has 0 aromatic heterocycles. The highest BCUT2D eigenvalue weighted by Gasteiger charge is 2.34. The molecule has 0 saturated carbocycles. The van der Waals surface area contributed by atoms with E-state index in [0.29, 0.717) is 6.42 Å². The maximum atomic E-state index is 11.6. The van der Waals surface area contributed by atoms with E-state index in [1.54, 1.807) is 7.05 Å². The molecular weight excluding hydrogens is 210 g/mol. The summed E-state index contributed by atoms with van der Waals surface area (Å²) in [6, 6.07) is -0.391. The summed E-state index contributed by atoms with van der Waals surface area (Å²) < 4.78 is 0. The van der Waals surface area contributed by atoms with Gasteiger partial charge in [0.2, 0.25) is 11.8 Å². The molecule has 1 rings (SSSR count). The summed E-state index contributed by atoms with van der Waals surface area (Å²) >= 11 is 0. The topological polar surface area (TPSA) is 69.7 Å². The molecule has 4 amide bonds. The normalized spacial score (nSPS) is 21.3. The summed E-state index contributed by atoms with van der Waals surface area (Å²) in [5.41, 5.74) is 0. The van der Waals surface area contributed by atoms with E-state index in [2.05, 4.69) is 5.32 Å². The first-order valence-electron chi connectivity index (χ1n) is 5.30. The molecule has 1 heterocycles. The third kappa shape index (κ3) is 2.50. The Hall–Kier alpha value is -1.59. The lowest BCUT2D eigenvalue weighted by molar-refractivity contribution is -0.132. The number of carbonyl (C=O) groups is 3. The Balaban J connectivity index is 2.64. The second-order valence-electron chi connectivity index (χ2n) is 3.88. The number of carbonyl (C=O) groups excluding carboxylic acids is 3. The van der Waals surface area contributed by atoms with Gasteiger partial charge in [0.05, 0.1) is 6.42 Å². The highest BCUT2D eigenvalue weighted by atomic mass is 16.2. The third-order valence-corrected chi connectivity index (χ3v) is 2.60. The Morgan fingerprint density at radius 1 is 1.44 bits per heavy atom. The number of imide groups is 1. The van der Waals surface area contributed by atoms with E-state index in [9.17, 15) is 14.4 Å². The summed E-state index contributed by atoms with van der Waals surface area (Å²) in [6.45, 7) is 1.90. The van der Waals surface area contributed by atoms with Crippen molar-refractivity contribution in [3.63, 3.8) is 0 Å². The van der Waals surface area contributed by atoms with Crippen molar-refractivity contribution in [3.8, 4) is 0 Å². The fourth-order valence-corrected chi connectivity index (χ4v) is 1.55. The molecule has 0 bridgehead atoms. The number of amides is 4. The van der Waals surface area contributed by atoms with Crippen LogP contribution >= 0.6 is 0 Å². The van der Waals surface area contributed by atoms with Gasteiger partial charge in [0.1, 0.15) is 6.17 Å². The second kappa shape index (κ2) is 4.96. The molecule has 1 saturated heterocycles. The molecule has 0 aliphatic carbocycles. The monoisotopic (exact) mass is 227 g/mol. The molecule has 0 aromatic rings. The van der Waals surface area contributed by atoms with E-state index in [-0.39, 0.29) is 18.2 Å². The van der Waals surface area contributed by atoms with Crippen molar-refractivity contribution in [2.75, 3.05) is 14.1 Å². The number of nitrogens with one attached hydrogen (secondary N) is 1. The number of hydrogen-bond donors (Lipinski definition) is 1. The molecule has 1 aliphatic heterocycles. The van der Waals surface area contributed by atoms with Crippen LogP contribution in [-0.2, 0) is 9.59 Å². The Labute approximate surface area is 94.6 Å². The smallest absolute Gasteiger partial charge is 0.327 e. The van der Waals surface area contributed by atoms with Crippen LogP contribution in [0.5, 0.6) is 0 Å². The predicted molar refractivity (Wildman–Crippen MR) is 57.4 cm³/mol. The van der Waals surface area contributed by atoms with Gasteiger partial charge in [-0.2, -0.15) is 0 Å². The van der Waals surface area contributed by atoms with Gasteiger partial charge in [-0.15, -0.1) is 0 Å². The van der Waals surface area contributed by atoms with E-state index in [1.807, 2.05) is 6.92 Å². The van der Waals surface area contributed by atoms with Crippen LogP contribution in [-0.4, -0.2) is 47.9 Å². The van der Waals surface area contributed by atoms with E-state index in [0.717, 1.165) is 11.3 Å². The molecule has 1 aliphatic rings. The van der Waals surface area contributed by atoms with Gasteiger partial charge in [-0.25, -0.2) is 4.79 Å². The van der Waals surface area contributed by atoms with Crippen molar-refractivity contribution in [1.82, 2.24) is 15.1 Å². The second-order valence-corrected chi connectivity index (χ2v) is 3.88. The SMILES string of the molecule is CCCC(=O)NC1CC(=O)N(C)C(=O)N1C. The van der Waals surface area contributed by atoms with Crippen molar-refractivity contribution in [2.45, 2.75) is 32.4 Å². The zero-order valence-corrected chi connectivity index (χ0v) is 9.82. The molecule has 6 heteroatoms. The van der Waals surface area contributed by atoms with Crippen molar-refractivity contribution in [3.05, 3.63) is 0 Å². The zero-order chi connectivity index (χ0) is 12.3. The molecule has 1 unspecified atom stereocenters. The summed E-state index contributed by atoms with van der Waals surface area (Å²) in [5, 5.41) is 2.67. The van der Waals surface area contributed by atoms with Gasteiger partial charge in [-0.3, -0.25) is 14.5 Å². The molecule has 0 radical (unpaired) electrons. The van der Waals surface area contributed by atoms with Crippen LogP contribution in [0.25, 0.3) is 0 Å². The quantitative estimate of drug-likeness (QED) is 0.745. The number of rotatable bonds is 3. The van der Waals surface area contributed by atoms with Gasteiger partial charge in [0.25, 0.3) is 0 Å². The van der Waals surface area contributed by atoms with Crippen LogP contribution in [0.3, 0.4) is 0 Å². The molecular formula is C10H17N3O3. The van der Waals surface area contributed by atoms with Crippen molar-refractivity contribution >= 4 is 17.8 Å². The van der Waals surface area contributed by atoms with Gasteiger partial charge in [0.15, 0.2) is 0 Å². The maximum Gasteiger partial charge on any atom is 0.327 e. The predicted octanol–water partition coefficient (Wildman–Crippen LogP) is 0.143. The molecule has 6 nitrogen and oxygen atoms in total. The van der Waals surface area contributed by atoms with Crippen LogP contribution in [0.2, 0.25) is 0 Å². The van der Waals surface area contributed by atoms with Gasteiger partial charge >= 0.3 is 6.03 Å². The highest BCUT2D eigenvalue weighted by Crippen LogP contribution is 2.12. The van der Waals surface area contributed by atoms with Crippen LogP contribution < -0.4 is 5.32 Å². The number of nitrogens with zero attached hydrogens (tertiary/aromatic N) is 2. The average molecular weight is 227 g/mol. The largest absolute Gasteiger partial charge is 0.335 e. The van der Waals surface area contributed by atoms with E-state index in [1.165, 1.54) is 11.9 Å². The Morgan fingerprint density at radius 3 is 2.62 bits per heavy atom. The molecule has 0 aromatic carbocycles. The summed E-state index contributed by atoms with van der Waals surface area (Å²) in [6.07, 6.45) is 0.760. The number of urea groups is 1. The lowest BCUT2D eigenvalue weighted by Gasteiger charge is -2.36. The minimum Gasteiger partial charge on any atom is -0.335 e. The van der Waals surface area contributed by atoms with Crippen LogP contribution in [0, 0.1) is 0 Å². The lowest BCUT2D eigenvalue weighted by Crippen LogP contribution is -2.59. The molecule has 1 atom stereocenters. The molecule has 0 spiro atoms. The fourth-order valence-electron chi connectivity index (χ4n) is 1.55. The van der Waals surface area contributed by atoms with Crippen LogP contribution in [0.1, 0.15) is 26.2 Å². The van der Waals surface area contributed by atoms with Gasteiger partial charge < -0.3 is 10.2 Å². The lowest BCUT2D eigenvalue weighted by atomic mass is 10.2. The minimum absolute atomic E-state index is 0.133. The maximum absolute atomic E-state index is 11.6. The zero-order valence-electron chi connectivity index (χ0n) is 9.82. The van der Waals surface area contributed by atoms with Crippen molar-refractivity contribution in [1.29, 1.82) is 0 Å². The fraction of sp³-hybridized carbons (Fsp3) is 0.700. The molecule has 16 heavy (non-hydrogen) atoms. The van der Waals surface area contributed by atoms with Crippen LogP contribution in [0.4, 0.5) is 4.79 Å². The van der Waals surface area contributed by atoms with Crippen LogP contribution in [0.15, 0.2) is 0 Å². The van der Waals surface area contributed by atoms with E-state index >= 15 is 0 Å². The van der Waals surface area contributed by atoms with Gasteiger partial charge in [-0.05, 0) is 6.42 Å². The standard InChI is InChI=1S/C10H17N3O3/c1-4-5-8(14)11-7-6-9(15)13(3)10(16)12(7)2/h7H,4-6H2,1-3H3,(H,11,14). The highest BCUT2D eigenvalue weighted by molar-refractivity contribution is 5.97. The Kier molecular flexibility index (Phi) is 3.87. The van der Waals surface area contributed by atoms with Crippen molar-refractivity contribution in [2.24, 2.45) is 0 Å². The first kappa shape index (κ1) is 12.5. The third-order valence-electron chi connectivity index (χ3n) is 2.60. The number of hydrogen-bond acceptors (Lipinski definition) is 3. The minimum atomic E-state index is -0.518. The molecule has 90 valence electrons. The van der Waals surface area contributed by atoms with Gasteiger partial charge in [0, 0.05) is 20.5 Å². The van der Waals surface area contributed by atoms with E-state index < -0.39 is 12.2 Å². The van der Waals surface area contributed by atoms with E-state index in [4.69, 9.17) is 0 Å². The molecule has 1 N–H and O–H groups in total. The summed E-state index contributed by atoms with van der Waals surface area (Å²) in [7, 11) is 3.01. The van der Waals surface area contributed by atoms with Crippen molar-refractivity contribution < 1.29 is 14.4 Å². The Bertz CT molecular complexity index is 316. The van der Waals surface area contributed by atoms with Gasteiger partial charge in [-0.1, -0.05) is 6.92 Å². The summed E-state index contributed by atoms with van der Waals surface area (Å²) in [4.78, 5) is 36.8. The summed E-state index contributed by atoms with van der Waals surface area (Å²) in [5.74, 6) is -0.408. The first-order chi connectivity index (χ1) is 7.47. The average Bonchev–Trinajstić information content (AvgIpc) is 2.23. The molecule has 1 fully saturated rings.